The van der Waals surface area contributed by atoms with Crippen LogP contribution in [0.3, 0.4) is 0 Å². The topological polar surface area (TPSA) is 92.1 Å². The molecule has 1 aromatic heterocycles. The van der Waals surface area contributed by atoms with Gasteiger partial charge in [-0.1, -0.05) is 23.7 Å². The van der Waals surface area contributed by atoms with Gasteiger partial charge in [-0.15, -0.1) is 0 Å². The summed E-state index contributed by atoms with van der Waals surface area (Å²) in [4.78, 5) is 41.5. The third kappa shape index (κ3) is 5.33. The minimum Gasteiger partial charge on any atom is -0.457 e. The standard InChI is InChI=1S/C26H22ClN3O5S/c27-18-7-5-17(6-8-18)22-10-9-19(35-22)15-23-25(32)30(26(33)36-23)16-24(31)28-20-3-1-2-4-21(20)29-11-13-34-14-12-29/h1-10,15H,11-14,16H2,(H,28,31)/b23-15+. The smallest absolute Gasteiger partial charge is 0.294 e. The fourth-order valence-electron chi connectivity index (χ4n) is 3.96. The number of carbonyl (C=O) groups is 3. The Bertz CT molecular complexity index is 1330. The molecule has 2 fully saturated rings. The first-order valence-electron chi connectivity index (χ1n) is 11.3. The van der Waals surface area contributed by atoms with Crippen molar-refractivity contribution in [2.45, 2.75) is 0 Å². The van der Waals surface area contributed by atoms with E-state index >= 15 is 0 Å². The van der Waals surface area contributed by atoms with Crippen molar-refractivity contribution in [1.82, 2.24) is 4.90 Å². The van der Waals surface area contributed by atoms with Gasteiger partial charge in [0.2, 0.25) is 5.91 Å². The summed E-state index contributed by atoms with van der Waals surface area (Å²) in [7, 11) is 0. The molecule has 0 bridgehead atoms. The Hall–Kier alpha value is -3.53. The summed E-state index contributed by atoms with van der Waals surface area (Å²) < 4.78 is 11.2. The van der Waals surface area contributed by atoms with Crippen molar-refractivity contribution in [3.63, 3.8) is 0 Å². The number of thioether (sulfide) groups is 1. The predicted molar refractivity (Wildman–Crippen MR) is 140 cm³/mol. The maximum Gasteiger partial charge on any atom is 0.294 e. The van der Waals surface area contributed by atoms with Gasteiger partial charge in [-0.2, -0.15) is 0 Å². The molecule has 2 aliphatic rings. The lowest BCUT2D eigenvalue weighted by Crippen LogP contribution is -2.38. The SMILES string of the molecule is O=C(CN1C(=O)S/C(=C/c2ccc(-c3ccc(Cl)cc3)o2)C1=O)Nc1ccccc1N1CCOCC1. The summed E-state index contributed by atoms with van der Waals surface area (Å²) in [6, 6.07) is 18.1. The summed E-state index contributed by atoms with van der Waals surface area (Å²) in [5.74, 6) is 0.0399. The molecule has 0 aliphatic carbocycles. The highest BCUT2D eigenvalue weighted by Gasteiger charge is 2.36. The van der Waals surface area contributed by atoms with E-state index in [-0.39, 0.29) is 11.4 Å². The predicted octanol–water partition coefficient (Wildman–Crippen LogP) is 5.11. The van der Waals surface area contributed by atoms with E-state index in [1.165, 1.54) is 6.08 Å². The number of nitrogens with zero attached hydrogens (tertiary/aromatic N) is 2. The maximum absolute atomic E-state index is 12.9. The Morgan fingerprint density at radius 2 is 1.78 bits per heavy atom. The van der Waals surface area contributed by atoms with Gasteiger partial charge in [0, 0.05) is 29.8 Å². The summed E-state index contributed by atoms with van der Waals surface area (Å²) >= 11 is 6.71. The molecule has 5 rings (SSSR count). The number of nitrogens with one attached hydrogen (secondary N) is 1. The highest BCUT2D eigenvalue weighted by atomic mass is 35.5. The average Bonchev–Trinajstić information content (AvgIpc) is 3.45. The van der Waals surface area contributed by atoms with Gasteiger partial charge in [0.25, 0.3) is 11.1 Å². The van der Waals surface area contributed by atoms with Crippen LogP contribution in [-0.4, -0.2) is 54.8 Å². The summed E-state index contributed by atoms with van der Waals surface area (Å²) in [5, 5.41) is 2.95. The van der Waals surface area contributed by atoms with Crippen LogP contribution in [0.4, 0.5) is 16.2 Å². The number of halogens is 1. The molecule has 3 aromatic rings. The number of carbonyl (C=O) groups excluding carboxylic acids is 3. The lowest BCUT2D eigenvalue weighted by molar-refractivity contribution is -0.127. The molecule has 2 aromatic carbocycles. The number of hydrogen-bond donors (Lipinski definition) is 1. The van der Waals surface area contributed by atoms with E-state index in [2.05, 4.69) is 10.2 Å². The number of morpholine rings is 1. The first-order chi connectivity index (χ1) is 17.5. The van der Waals surface area contributed by atoms with Crippen molar-refractivity contribution >= 4 is 57.9 Å². The van der Waals surface area contributed by atoms with Crippen LogP contribution < -0.4 is 10.2 Å². The van der Waals surface area contributed by atoms with Gasteiger partial charge in [0.05, 0.1) is 29.5 Å². The number of anilines is 2. The first kappa shape index (κ1) is 24.2. The number of imide groups is 1. The van der Waals surface area contributed by atoms with E-state index in [9.17, 15) is 14.4 Å². The molecule has 36 heavy (non-hydrogen) atoms. The molecule has 3 heterocycles. The molecular weight excluding hydrogens is 502 g/mol. The normalized spacial score (nSPS) is 17.2. The zero-order chi connectivity index (χ0) is 25.1. The van der Waals surface area contributed by atoms with Crippen LogP contribution in [0.1, 0.15) is 5.76 Å². The second-order valence-corrected chi connectivity index (χ2v) is 9.57. The van der Waals surface area contributed by atoms with Gasteiger partial charge in [-0.3, -0.25) is 19.3 Å². The van der Waals surface area contributed by atoms with Crippen molar-refractivity contribution in [2.24, 2.45) is 0 Å². The molecule has 0 saturated carbocycles. The lowest BCUT2D eigenvalue weighted by Gasteiger charge is -2.30. The Kier molecular flexibility index (Phi) is 7.13. The van der Waals surface area contributed by atoms with Crippen LogP contribution in [-0.2, 0) is 14.3 Å². The highest BCUT2D eigenvalue weighted by Crippen LogP contribution is 2.34. The zero-order valence-electron chi connectivity index (χ0n) is 19.1. The fraction of sp³-hybridized carbons (Fsp3) is 0.192. The van der Waals surface area contributed by atoms with E-state index < -0.39 is 17.1 Å². The van der Waals surface area contributed by atoms with Crippen LogP contribution in [0.25, 0.3) is 17.4 Å². The van der Waals surface area contributed by atoms with E-state index in [1.54, 1.807) is 30.3 Å². The number of benzene rings is 2. The molecule has 10 heteroatoms. The van der Waals surface area contributed by atoms with Crippen LogP contribution in [0.2, 0.25) is 5.02 Å². The molecule has 0 unspecified atom stereocenters. The van der Waals surface area contributed by atoms with Gasteiger partial charge < -0.3 is 19.4 Å². The van der Waals surface area contributed by atoms with Crippen LogP contribution in [0.15, 0.2) is 70.0 Å². The number of furan rings is 1. The number of ether oxygens (including phenoxy) is 1. The average molecular weight is 524 g/mol. The Morgan fingerprint density at radius 1 is 1.03 bits per heavy atom. The van der Waals surface area contributed by atoms with Crippen molar-refractivity contribution in [1.29, 1.82) is 0 Å². The van der Waals surface area contributed by atoms with E-state index in [4.69, 9.17) is 20.8 Å². The van der Waals surface area contributed by atoms with Gasteiger partial charge in [-0.05, 0) is 60.3 Å². The van der Waals surface area contributed by atoms with Crippen molar-refractivity contribution in [3.05, 3.63) is 76.4 Å². The molecule has 0 radical (unpaired) electrons. The largest absolute Gasteiger partial charge is 0.457 e. The number of para-hydroxylation sites is 2. The second-order valence-electron chi connectivity index (χ2n) is 8.14. The molecule has 1 N–H and O–H groups in total. The Balaban J connectivity index is 1.25. The van der Waals surface area contributed by atoms with Crippen molar-refractivity contribution in [2.75, 3.05) is 43.1 Å². The molecular formula is C26H22ClN3O5S. The summed E-state index contributed by atoms with van der Waals surface area (Å²) in [6.45, 7) is 2.28. The third-order valence-electron chi connectivity index (χ3n) is 5.73. The number of rotatable bonds is 6. The maximum atomic E-state index is 12.9. The van der Waals surface area contributed by atoms with Gasteiger partial charge in [0.15, 0.2) is 0 Å². The first-order valence-corrected chi connectivity index (χ1v) is 12.5. The quantitative estimate of drug-likeness (QED) is 0.449. The minimum absolute atomic E-state index is 0.193. The van der Waals surface area contributed by atoms with Crippen LogP contribution in [0, 0.1) is 0 Å². The monoisotopic (exact) mass is 523 g/mol. The second kappa shape index (κ2) is 10.6. The van der Waals surface area contributed by atoms with Crippen LogP contribution >= 0.6 is 23.4 Å². The van der Waals surface area contributed by atoms with Crippen molar-refractivity contribution < 1.29 is 23.5 Å². The molecule has 2 aliphatic heterocycles. The third-order valence-corrected chi connectivity index (χ3v) is 6.89. The number of hydrogen-bond acceptors (Lipinski definition) is 7. The molecule has 0 atom stereocenters. The van der Waals surface area contributed by atoms with Crippen molar-refractivity contribution in [3.8, 4) is 11.3 Å². The zero-order valence-corrected chi connectivity index (χ0v) is 20.7. The van der Waals surface area contributed by atoms with Gasteiger partial charge >= 0.3 is 0 Å². The van der Waals surface area contributed by atoms with Crippen LogP contribution in [0.5, 0.6) is 0 Å². The molecule has 184 valence electrons. The van der Waals surface area contributed by atoms with E-state index in [0.29, 0.717) is 48.5 Å². The lowest BCUT2D eigenvalue weighted by atomic mass is 10.2. The summed E-state index contributed by atoms with van der Waals surface area (Å²) in [6.07, 6.45) is 1.51. The minimum atomic E-state index is -0.536. The Labute approximate surface area is 216 Å². The Morgan fingerprint density at radius 3 is 2.56 bits per heavy atom. The number of amides is 3. The van der Waals surface area contributed by atoms with Gasteiger partial charge in [-0.25, -0.2) is 0 Å². The molecule has 3 amide bonds. The highest BCUT2D eigenvalue weighted by molar-refractivity contribution is 8.18. The van der Waals surface area contributed by atoms with E-state index in [0.717, 1.165) is 27.9 Å². The molecule has 0 spiro atoms. The molecule has 2 saturated heterocycles. The van der Waals surface area contributed by atoms with E-state index in [1.807, 2.05) is 30.3 Å². The van der Waals surface area contributed by atoms with Gasteiger partial charge in [0.1, 0.15) is 18.1 Å². The molecule has 8 nitrogen and oxygen atoms in total. The summed E-state index contributed by atoms with van der Waals surface area (Å²) in [5.41, 5.74) is 2.33. The fourth-order valence-corrected chi connectivity index (χ4v) is 4.90.